The van der Waals surface area contributed by atoms with Gasteiger partial charge in [-0.25, -0.2) is 22.8 Å². The van der Waals surface area contributed by atoms with Crippen molar-refractivity contribution in [3.8, 4) is 0 Å². The van der Waals surface area contributed by atoms with Gasteiger partial charge in [-0.1, -0.05) is 18.5 Å². The summed E-state index contributed by atoms with van der Waals surface area (Å²) in [4.78, 5) is 21.1. The molecule has 0 atom stereocenters. The summed E-state index contributed by atoms with van der Waals surface area (Å²) in [6.07, 6.45) is 1.70. The number of fused-ring (bicyclic) bond motifs is 1. The van der Waals surface area contributed by atoms with Crippen LogP contribution in [0.1, 0.15) is 30.6 Å². The first kappa shape index (κ1) is 22.2. The molecule has 0 bridgehead atoms. The largest absolute Gasteiger partial charge is 0.369 e. The molecule has 3 N–H and O–H groups in total. The number of thiophene rings is 1. The topological polar surface area (TPSA) is 113 Å². The number of anilines is 3. The summed E-state index contributed by atoms with van der Waals surface area (Å²) >= 11 is 7.34. The highest BCUT2D eigenvalue weighted by molar-refractivity contribution is 7.92. The molecule has 160 valence electrons. The summed E-state index contributed by atoms with van der Waals surface area (Å²) in [6.45, 7) is 4.26. The van der Waals surface area contributed by atoms with Gasteiger partial charge < -0.3 is 10.6 Å². The van der Waals surface area contributed by atoms with Crippen LogP contribution in [0.25, 0.3) is 10.2 Å². The van der Waals surface area contributed by atoms with Crippen molar-refractivity contribution in [3.63, 3.8) is 0 Å². The number of halogens is 2. The van der Waals surface area contributed by atoms with Gasteiger partial charge in [0.1, 0.15) is 12.1 Å². The summed E-state index contributed by atoms with van der Waals surface area (Å²) in [6, 6.07) is 2.51. The van der Waals surface area contributed by atoms with Gasteiger partial charge in [-0.2, -0.15) is 0 Å². The van der Waals surface area contributed by atoms with Crippen LogP contribution in [0.3, 0.4) is 0 Å². The molecule has 2 heterocycles. The van der Waals surface area contributed by atoms with Crippen LogP contribution in [0.4, 0.5) is 21.6 Å². The number of carbonyl (C=O) groups is 1. The lowest BCUT2D eigenvalue weighted by molar-refractivity contribution is 0.102. The van der Waals surface area contributed by atoms with Gasteiger partial charge in [0, 0.05) is 11.9 Å². The van der Waals surface area contributed by atoms with Crippen LogP contribution in [0, 0.1) is 5.82 Å². The van der Waals surface area contributed by atoms with Gasteiger partial charge in [-0.15, -0.1) is 11.3 Å². The van der Waals surface area contributed by atoms with E-state index in [0.717, 1.165) is 0 Å². The third-order valence-corrected chi connectivity index (χ3v) is 6.78. The van der Waals surface area contributed by atoms with E-state index in [1.807, 2.05) is 6.92 Å². The Kier molecular flexibility index (Phi) is 6.74. The van der Waals surface area contributed by atoms with Gasteiger partial charge in [0.05, 0.1) is 37.9 Å². The number of hydrogen-bond acceptors (Lipinski definition) is 7. The quantitative estimate of drug-likeness (QED) is 0.451. The maximum absolute atomic E-state index is 14.9. The number of nitrogens with zero attached hydrogens (tertiary/aromatic N) is 2. The molecule has 0 aliphatic carbocycles. The molecule has 0 saturated heterocycles. The highest BCUT2D eigenvalue weighted by atomic mass is 35.5. The van der Waals surface area contributed by atoms with E-state index < -0.39 is 21.7 Å². The summed E-state index contributed by atoms with van der Waals surface area (Å²) in [5.41, 5.74) is 0.0255. The molecule has 1 aromatic carbocycles. The fourth-order valence-electron chi connectivity index (χ4n) is 2.72. The van der Waals surface area contributed by atoms with Gasteiger partial charge in [0.25, 0.3) is 5.91 Å². The van der Waals surface area contributed by atoms with Crippen molar-refractivity contribution in [3.05, 3.63) is 40.2 Å². The monoisotopic (exact) mass is 471 g/mol. The van der Waals surface area contributed by atoms with E-state index in [2.05, 4.69) is 25.3 Å². The zero-order valence-corrected chi connectivity index (χ0v) is 18.5. The lowest BCUT2D eigenvalue weighted by atomic mass is 10.2. The van der Waals surface area contributed by atoms with Crippen LogP contribution in [0.2, 0.25) is 5.02 Å². The zero-order chi connectivity index (χ0) is 21.9. The van der Waals surface area contributed by atoms with Crippen LogP contribution in [-0.4, -0.2) is 36.6 Å². The van der Waals surface area contributed by atoms with Gasteiger partial charge in [0.2, 0.25) is 10.0 Å². The van der Waals surface area contributed by atoms with Crippen LogP contribution >= 0.6 is 22.9 Å². The van der Waals surface area contributed by atoms with E-state index in [9.17, 15) is 17.6 Å². The second-order valence-electron chi connectivity index (χ2n) is 6.24. The third kappa shape index (κ3) is 4.63. The van der Waals surface area contributed by atoms with E-state index >= 15 is 0 Å². The molecule has 8 nitrogen and oxygen atoms in total. The van der Waals surface area contributed by atoms with Crippen molar-refractivity contribution in [1.29, 1.82) is 0 Å². The van der Waals surface area contributed by atoms with Crippen molar-refractivity contribution in [2.24, 2.45) is 0 Å². The summed E-state index contributed by atoms with van der Waals surface area (Å²) in [5.74, 6) is -1.16. The number of sulfonamides is 1. The number of aromatic nitrogens is 2. The van der Waals surface area contributed by atoms with Crippen molar-refractivity contribution in [2.45, 2.75) is 20.3 Å². The average molecular weight is 472 g/mol. The Morgan fingerprint density at radius 3 is 2.73 bits per heavy atom. The lowest BCUT2D eigenvalue weighted by Crippen LogP contribution is -2.18. The Morgan fingerprint density at radius 1 is 1.27 bits per heavy atom. The number of nitrogens with one attached hydrogen (secondary N) is 3. The highest BCUT2D eigenvalue weighted by Crippen LogP contribution is 2.33. The van der Waals surface area contributed by atoms with E-state index in [1.165, 1.54) is 29.8 Å². The first-order valence-electron chi connectivity index (χ1n) is 9.03. The van der Waals surface area contributed by atoms with Crippen LogP contribution < -0.4 is 15.4 Å². The van der Waals surface area contributed by atoms with Gasteiger partial charge in [-0.05, 0) is 25.5 Å². The molecule has 30 heavy (non-hydrogen) atoms. The predicted octanol–water partition coefficient (Wildman–Crippen LogP) is 4.32. The highest BCUT2D eigenvalue weighted by Gasteiger charge is 2.21. The summed E-state index contributed by atoms with van der Waals surface area (Å²) in [5, 5.41) is 7.04. The van der Waals surface area contributed by atoms with Crippen molar-refractivity contribution >= 4 is 66.3 Å². The Hall–Kier alpha value is -2.50. The molecular weight excluding hydrogens is 453 g/mol. The third-order valence-electron chi connectivity index (χ3n) is 4.01. The number of amides is 1. The van der Waals surface area contributed by atoms with E-state index in [1.54, 1.807) is 12.3 Å². The van der Waals surface area contributed by atoms with Gasteiger partial charge in [-0.3, -0.25) is 9.52 Å². The van der Waals surface area contributed by atoms with Crippen LogP contribution in [0.15, 0.2) is 23.8 Å². The Balaban J connectivity index is 1.93. The first-order chi connectivity index (χ1) is 14.3. The van der Waals surface area contributed by atoms with Crippen molar-refractivity contribution in [2.75, 3.05) is 27.7 Å². The number of benzene rings is 1. The maximum Gasteiger partial charge on any atom is 0.258 e. The molecule has 3 rings (SSSR count). The first-order valence-corrected chi connectivity index (χ1v) is 11.9. The molecule has 2 aromatic heterocycles. The van der Waals surface area contributed by atoms with Crippen LogP contribution in [0.5, 0.6) is 0 Å². The van der Waals surface area contributed by atoms with E-state index in [-0.39, 0.29) is 27.7 Å². The molecular formula is C18H19ClFN5O3S2. The number of rotatable bonds is 8. The van der Waals surface area contributed by atoms with Gasteiger partial charge in [0.15, 0.2) is 5.82 Å². The molecule has 0 radical (unpaired) electrons. The Labute approximate surface area is 181 Å². The smallest absolute Gasteiger partial charge is 0.258 e. The molecule has 0 aliphatic rings. The molecule has 0 unspecified atom stereocenters. The number of hydrogen-bond donors (Lipinski definition) is 3. The molecule has 0 saturated carbocycles. The lowest BCUT2D eigenvalue weighted by Gasteiger charge is -2.13. The molecule has 3 aromatic rings. The number of carbonyl (C=O) groups excluding carboxylic acids is 1. The molecule has 0 fully saturated rings. The van der Waals surface area contributed by atoms with E-state index in [4.69, 9.17) is 11.6 Å². The van der Waals surface area contributed by atoms with Crippen molar-refractivity contribution < 1.29 is 17.6 Å². The minimum absolute atomic E-state index is 0.0678. The Bertz CT molecular complexity index is 1200. The SMILES string of the molecule is CCCS(=O)(=O)Nc1ccc(Cl)c(NC(=O)c2csc3c(NCC)ncnc23)c1F. The standard InChI is InChI=1S/C18H19ClFN5O3S2/c1-3-7-30(27,28)25-12-6-5-11(19)15(13(12)20)24-18(26)10-8-29-16-14(10)22-9-23-17(16)21-4-2/h5-6,8-9,25H,3-4,7H2,1-2H3,(H,24,26)(H,21,22,23). The summed E-state index contributed by atoms with van der Waals surface area (Å²) < 4.78 is 41.7. The minimum atomic E-state index is -3.72. The second-order valence-corrected chi connectivity index (χ2v) is 9.37. The van der Waals surface area contributed by atoms with Gasteiger partial charge >= 0.3 is 0 Å². The second kappa shape index (κ2) is 9.11. The van der Waals surface area contributed by atoms with E-state index in [0.29, 0.717) is 29.0 Å². The maximum atomic E-state index is 14.9. The molecule has 0 spiro atoms. The molecule has 12 heteroatoms. The van der Waals surface area contributed by atoms with Crippen LogP contribution in [-0.2, 0) is 10.0 Å². The molecule has 0 aliphatic heterocycles. The summed E-state index contributed by atoms with van der Waals surface area (Å²) in [7, 11) is -3.72. The zero-order valence-electron chi connectivity index (χ0n) is 16.1. The molecule has 1 amide bonds. The Morgan fingerprint density at radius 2 is 2.03 bits per heavy atom. The predicted molar refractivity (Wildman–Crippen MR) is 119 cm³/mol. The average Bonchev–Trinajstić information content (AvgIpc) is 3.13. The normalized spacial score (nSPS) is 11.5. The fraction of sp³-hybridized carbons (Fsp3) is 0.278. The minimum Gasteiger partial charge on any atom is -0.369 e. The fourth-order valence-corrected chi connectivity index (χ4v) is 5.01. The van der Waals surface area contributed by atoms with Crippen molar-refractivity contribution in [1.82, 2.24) is 9.97 Å².